The number of hydrogen-bond donors (Lipinski definition) is 1. The fourth-order valence-corrected chi connectivity index (χ4v) is 7.62. The van der Waals surface area contributed by atoms with E-state index in [2.05, 4.69) is 4.90 Å². The lowest BCUT2D eigenvalue weighted by Gasteiger charge is -2.44. The molecule has 3 aromatic carbocycles. The van der Waals surface area contributed by atoms with Crippen molar-refractivity contribution in [3.63, 3.8) is 0 Å². The zero-order valence-corrected chi connectivity index (χ0v) is 29.3. The van der Waals surface area contributed by atoms with Gasteiger partial charge in [-0.1, -0.05) is 47.5 Å². The molecule has 4 aromatic rings. The van der Waals surface area contributed by atoms with E-state index in [0.29, 0.717) is 28.3 Å². The van der Waals surface area contributed by atoms with Crippen LogP contribution in [-0.2, 0) is 17.7 Å². The highest BCUT2D eigenvalue weighted by atomic mass is 35.5. The van der Waals surface area contributed by atoms with Gasteiger partial charge in [-0.15, -0.1) is 0 Å². The van der Waals surface area contributed by atoms with Crippen LogP contribution in [0, 0.1) is 22.8 Å². The van der Waals surface area contributed by atoms with Crippen LogP contribution >= 0.6 is 23.2 Å². The number of carboxylic acid groups (broad SMARTS) is 1. The molecule has 2 bridgehead atoms. The summed E-state index contributed by atoms with van der Waals surface area (Å²) < 4.78 is 49.7. The Morgan fingerprint density at radius 2 is 1.71 bits per heavy atom. The summed E-state index contributed by atoms with van der Waals surface area (Å²) in [6.07, 6.45) is 2.58. The second-order valence-corrected chi connectivity index (χ2v) is 13.4. The van der Waals surface area contributed by atoms with Gasteiger partial charge in [-0.25, -0.2) is 18.4 Å². The van der Waals surface area contributed by atoms with Gasteiger partial charge in [0, 0.05) is 23.6 Å². The fraction of sp³-hybridized carbons (Fsp3) is 0.324. The molecule has 268 valence electrons. The number of pyridine rings is 1. The third-order valence-electron chi connectivity index (χ3n) is 9.67. The molecule has 3 aliphatic heterocycles. The highest BCUT2D eigenvalue weighted by molar-refractivity contribution is 6.35. The number of halogens is 4. The predicted octanol–water partition coefficient (Wildman–Crippen LogP) is 7.23. The molecular weight excluding hydrogens is 707 g/mol. The van der Waals surface area contributed by atoms with Gasteiger partial charge in [-0.05, 0) is 79.7 Å². The molecule has 2 atom stereocenters. The van der Waals surface area contributed by atoms with E-state index < -0.39 is 47.8 Å². The van der Waals surface area contributed by atoms with Crippen LogP contribution in [0.4, 0.5) is 19.3 Å². The Morgan fingerprint density at radius 3 is 2.31 bits per heavy atom. The molecule has 10 nitrogen and oxygen atoms in total. The minimum atomic E-state index is -1.53. The maximum atomic E-state index is 16.9. The summed E-state index contributed by atoms with van der Waals surface area (Å²) in [5.74, 6) is -3.51. The number of methoxy groups -OCH3 is 2. The summed E-state index contributed by atoms with van der Waals surface area (Å²) in [5, 5.41) is 22.1. The van der Waals surface area contributed by atoms with Crippen LogP contribution in [0.3, 0.4) is 0 Å². The summed E-state index contributed by atoms with van der Waals surface area (Å²) in [6, 6.07) is 13.0. The van der Waals surface area contributed by atoms with E-state index in [4.69, 9.17) is 37.4 Å². The Balaban J connectivity index is 1.51. The van der Waals surface area contributed by atoms with E-state index in [0.717, 1.165) is 49.3 Å². The predicted molar refractivity (Wildman–Crippen MR) is 186 cm³/mol. The highest BCUT2D eigenvalue weighted by Crippen LogP contribution is 2.41. The average molecular weight is 743 g/mol. The van der Waals surface area contributed by atoms with E-state index >= 15 is 8.78 Å². The van der Waals surface area contributed by atoms with Gasteiger partial charge < -0.3 is 24.5 Å². The molecule has 0 saturated carbocycles. The largest absolute Gasteiger partial charge is 0.619 e. The lowest BCUT2D eigenvalue weighted by Crippen LogP contribution is -2.53. The van der Waals surface area contributed by atoms with Crippen LogP contribution in [-0.4, -0.2) is 62.0 Å². The number of rotatable bonds is 11. The number of benzene rings is 3. The Labute approximate surface area is 303 Å². The lowest BCUT2D eigenvalue weighted by atomic mass is 9.82. The van der Waals surface area contributed by atoms with Crippen LogP contribution in [0.15, 0.2) is 67.0 Å². The van der Waals surface area contributed by atoms with Crippen LogP contribution < -0.4 is 19.1 Å². The first-order chi connectivity index (χ1) is 24.5. The molecule has 0 spiro atoms. The lowest BCUT2D eigenvalue weighted by molar-refractivity contribution is -0.605. The fourth-order valence-electron chi connectivity index (χ4n) is 7.03. The van der Waals surface area contributed by atoms with E-state index in [9.17, 15) is 19.9 Å². The summed E-state index contributed by atoms with van der Waals surface area (Å²) in [6.45, 7) is 1.98. The Bertz CT molecular complexity index is 1930. The van der Waals surface area contributed by atoms with Gasteiger partial charge in [0.1, 0.15) is 27.8 Å². The molecule has 51 heavy (non-hydrogen) atoms. The minimum absolute atomic E-state index is 0.00611. The zero-order valence-electron chi connectivity index (χ0n) is 27.8. The first-order valence-corrected chi connectivity index (χ1v) is 17.0. The van der Waals surface area contributed by atoms with Crippen molar-refractivity contribution >= 4 is 41.0 Å². The van der Waals surface area contributed by atoms with Crippen molar-refractivity contribution in [3.05, 3.63) is 122 Å². The topological polar surface area (TPSA) is 115 Å². The number of fused-ring (bicyclic) bond motifs is 3. The maximum absolute atomic E-state index is 16.9. The van der Waals surface area contributed by atoms with Gasteiger partial charge >= 0.3 is 12.1 Å². The van der Waals surface area contributed by atoms with Gasteiger partial charge in [0.15, 0.2) is 23.9 Å². The van der Waals surface area contributed by atoms with E-state index in [-0.39, 0.29) is 44.8 Å². The quantitative estimate of drug-likeness (QED) is 0.127. The first-order valence-electron chi connectivity index (χ1n) is 16.3. The molecule has 3 saturated heterocycles. The second kappa shape index (κ2) is 15.3. The SMILES string of the molecule is COc1ccc([C@H](Cc2c(Cl)c[n+]([O-])cc2Cl)c2c(CN(C(=O)O[C@H]3CN4CCC3CC4)c3ccccc3F)ccc(C(=O)O)c2F)cc1OC. The number of aromatic nitrogens is 1. The molecule has 4 heterocycles. The maximum Gasteiger partial charge on any atom is 0.415 e. The third kappa shape index (κ3) is 7.53. The molecular formula is C37H35Cl2F2N3O7. The number of carbonyl (C=O) groups is 2. The summed E-state index contributed by atoms with van der Waals surface area (Å²) in [7, 11) is 2.88. The number of carboxylic acids is 1. The molecule has 0 radical (unpaired) electrons. The number of aromatic carboxylic acids is 1. The third-order valence-corrected chi connectivity index (χ3v) is 10.3. The molecule has 14 heteroatoms. The highest BCUT2D eigenvalue weighted by Gasteiger charge is 2.38. The number of anilines is 1. The Hall–Kier alpha value is -4.65. The average Bonchev–Trinajstić information content (AvgIpc) is 3.11. The van der Waals surface area contributed by atoms with Crippen LogP contribution in [0.2, 0.25) is 10.0 Å². The number of amides is 1. The number of carbonyl (C=O) groups excluding carboxylic acids is 1. The monoisotopic (exact) mass is 741 g/mol. The van der Waals surface area contributed by atoms with Crippen molar-refractivity contribution in [2.75, 3.05) is 38.8 Å². The number of para-hydroxylation sites is 1. The van der Waals surface area contributed by atoms with Gasteiger partial charge in [0.25, 0.3) is 0 Å². The molecule has 0 unspecified atom stereocenters. The number of hydrogen-bond acceptors (Lipinski definition) is 7. The molecule has 1 aromatic heterocycles. The summed E-state index contributed by atoms with van der Waals surface area (Å²) >= 11 is 13.0. The van der Waals surface area contributed by atoms with Crippen molar-refractivity contribution in [1.82, 2.24) is 4.90 Å². The second-order valence-electron chi connectivity index (χ2n) is 12.6. The molecule has 0 aliphatic carbocycles. The molecule has 1 amide bonds. The van der Waals surface area contributed by atoms with Crippen LogP contribution in [0.5, 0.6) is 11.5 Å². The van der Waals surface area contributed by atoms with E-state index in [1.165, 1.54) is 38.5 Å². The number of ether oxygens (including phenoxy) is 3. The van der Waals surface area contributed by atoms with Gasteiger partial charge in [-0.2, -0.15) is 4.73 Å². The molecule has 1 N–H and O–H groups in total. The van der Waals surface area contributed by atoms with E-state index in [1.807, 2.05) is 0 Å². The van der Waals surface area contributed by atoms with Gasteiger partial charge in [0.2, 0.25) is 0 Å². The van der Waals surface area contributed by atoms with Crippen molar-refractivity contribution in [2.24, 2.45) is 5.92 Å². The Morgan fingerprint density at radius 1 is 1.02 bits per heavy atom. The molecule has 7 rings (SSSR count). The summed E-state index contributed by atoms with van der Waals surface area (Å²) in [4.78, 5) is 29.7. The van der Waals surface area contributed by atoms with Crippen molar-refractivity contribution in [3.8, 4) is 11.5 Å². The van der Waals surface area contributed by atoms with Crippen molar-refractivity contribution in [1.29, 1.82) is 0 Å². The number of piperidine rings is 3. The molecule has 3 fully saturated rings. The summed E-state index contributed by atoms with van der Waals surface area (Å²) in [5.41, 5.74) is 0.0274. The standard InChI is InChI=1S/C37H35Cl2F2N3O7/c1-49-31-10-8-22(15-32(31)50-2)25(16-26-27(38)18-43(48)19-28(26)39)34-23(7-9-24(35(34)41)36(45)46)17-44(30-6-4-3-5-29(30)40)37(47)51-33-20-42-13-11-21(33)12-14-42/h3-10,15,18-19,21,25,33H,11-14,16-17,20H2,1-2H3,(H,45,46)/t25-,33-/m0/s1. The number of nitrogens with zero attached hydrogens (tertiary/aromatic N) is 3. The Kier molecular flexibility index (Phi) is 10.8. The van der Waals surface area contributed by atoms with E-state index in [1.54, 1.807) is 24.3 Å². The normalized spacial score (nSPS) is 18.6. The van der Waals surface area contributed by atoms with Crippen LogP contribution in [0.1, 0.15) is 51.4 Å². The van der Waals surface area contributed by atoms with Crippen LogP contribution in [0.25, 0.3) is 0 Å². The van der Waals surface area contributed by atoms with Gasteiger partial charge in [-0.3, -0.25) is 9.80 Å². The zero-order chi connectivity index (χ0) is 36.4. The van der Waals surface area contributed by atoms with Crippen molar-refractivity contribution < 1.29 is 42.4 Å². The van der Waals surface area contributed by atoms with Gasteiger partial charge in [0.05, 0.1) is 32.0 Å². The smallest absolute Gasteiger partial charge is 0.415 e. The molecule has 3 aliphatic rings. The van der Waals surface area contributed by atoms with Crippen molar-refractivity contribution in [2.45, 2.75) is 37.8 Å². The first kappa shape index (κ1) is 36.2. The minimum Gasteiger partial charge on any atom is -0.619 e.